The van der Waals surface area contributed by atoms with Crippen molar-refractivity contribution in [3.05, 3.63) is 58.3 Å². The number of hydrogen-bond donors (Lipinski definition) is 1. The van der Waals surface area contributed by atoms with Crippen molar-refractivity contribution >= 4 is 23.1 Å². The Bertz CT molecular complexity index is 1050. The minimum atomic E-state index is 0.373. The van der Waals surface area contributed by atoms with Crippen molar-refractivity contribution in [1.29, 1.82) is 0 Å². The highest BCUT2D eigenvalue weighted by Gasteiger charge is 2.23. The van der Waals surface area contributed by atoms with Gasteiger partial charge < -0.3 is 15.1 Å². The molecule has 0 aromatic carbocycles. The normalized spacial score (nSPS) is 13.2. The van der Waals surface area contributed by atoms with Crippen LogP contribution in [0.25, 0.3) is 4.85 Å². The molecule has 0 saturated carbocycles. The molecule has 4 heterocycles. The molecule has 0 unspecified atom stereocenters. The number of fused-ring (bicyclic) bond motifs is 1. The average molecular weight is 360 g/mol. The summed E-state index contributed by atoms with van der Waals surface area (Å²) in [6.07, 6.45) is 4.47. The number of nitrogens with zero attached hydrogens (tertiary/aromatic N) is 7. The fourth-order valence-electron chi connectivity index (χ4n) is 3.31. The van der Waals surface area contributed by atoms with E-state index in [1.54, 1.807) is 10.9 Å². The molecule has 3 aromatic rings. The third-order valence-electron chi connectivity index (χ3n) is 5.01. The number of aromatic nitrogens is 5. The molecular weight excluding hydrogens is 340 g/mol. The highest BCUT2D eigenvalue weighted by atomic mass is 15.3. The van der Waals surface area contributed by atoms with E-state index in [0.29, 0.717) is 5.82 Å². The molecule has 27 heavy (non-hydrogen) atoms. The Morgan fingerprint density at radius 2 is 2.07 bits per heavy atom. The molecule has 0 bridgehead atoms. The van der Waals surface area contributed by atoms with Crippen LogP contribution >= 0.6 is 0 Å². The van der Waals surface area contributed by atoms with Crippen LogP contribution in [0.4, 0.5) is 23.1 Å². The lowest BCUT2D eigenvalue weighted by Gasteiger charge is -2.30. The van der Waals surface area contributed by atoms with Gasteiger partial charge in [0.15, 0.2) is 5.82 Å². The van der Waals surface area contributed by atoms with Gasteiger partial charge in [0.05, 0.1) is 18.1 Å². The van der Waals surface area contributed by atoms with E-state index in [1.807, 2.05) is 33.2 Å². The van der Waals surface area contributed by atoms with Gasteiger partial charge in [0.25, 0.3) is 5.82 Å². The van der Waals surface area contributed by atoms with Crippen LogP contribution in [0.1, 0.15) is 22.4 Å². The van der Waals surface area contributed by atoms with Crippen molar-refractivity contribution < 1.29 is 0 Å². The predicted octanol–water partition coefficient (Wildman–Crippen LogP) is 3.08. The van der Waals surface area contributed by atoms with E-state index in [4.69, 9.17) is 6.57 Å². The van der Waals surface area contributed by atoms with Gasteiger partial charge in [-0.05, 0) is 41.7 Å². The monoisotopic (exact) mass is 360 g/mol. The van der Waals surface area contributed by atoms with Crippen molar-refractivity contribution in [2.24, 2.45) is 7.05 Å². The maximum atomic E-state index is 7.20. The minimum absolute atomic E-state index is 0.373. The van der Waals surface area contributed by atoms with Crippen molar-refractivity contribution in [3.63, 3.8) is 0 Å². The lowest BCUT2D eigenvalue weighted by atomic mass is 10.0. The highest BCUT2D eigenvalue weighted by Crippen LogP contribution is 2.30. The standard InChI is InChI=1S/C19H20N8/c1-12-13(2)19(25-24-18(12)20-3)27-8-6-16-14(11-27)9-15(10-21-16)23-17-5-7-22-26(17)4/h5,7,9-10,23H,6,8,11H2,1-2,4H3. The van der Waals surface area contributed by atoms with Gasteiger partial charge in [-0.25, -0.2) is 0 Å². The van der Waals surface area contributed by atoms with E-state index in [9.17, 15) is 0 Å². The molecule has 0 saturated heterocycles. The van der Waals surface area contributed by atoms with Gasteiger partial charge in [-0.15, -0.1) is 0 Å². The number of anilines is 3. The van der Waals surface area contributed by atoms with Crippen LogP contribution in [0.3, 0.4) is 0 Å². The lowest BCUT2D eigenvalue weighted by molar-refractivity contribution is 0.693. The molecule has 4 rings (SSSR count). The fraction of sp³-hybridized carbons (Fsp3) is 0.316. The number of pyridine rings is 1. The number of nitrogens with one attached hydrogen (secondary N) is 1. The van der Waals surface area contributed by atoms with Gasteiger partial charge in [-0.1, -0.05) is 6.57 Å². The van der Waals surface area contributed by atoms with E-state index >= 15 is 0 Å². The summed E-state index contributed by atoms with van der Waals surface area (Å²) in [4.78, 5) is 10.3. The molecule has 0 aliphatic carbocycles. The number of aryl methyl sites for hydroxylation is 1. The molecule has 8 nitrogen and oxygen atoms in total. The van der Waals surface area contributed by atoms with Crippen molar-refractivity contribution in [2.45, 2.75) is 26.8 Å². The first-order chi connectivity index (χ1) is 13.1. The molecular formula is C19H20N8. The fourth-order valence-corrected chi connectivity index (χ4v) is 3.31. The SMILES string of the molecule is [C-]#[N+]c1nnc(N2CCc3ncc(Nc4ccnn4C)cc3C2)c(C)c1C. The highest BCUT2D eigenvalue weighted by molar-refractivity contribution is 5.60. The predicted molar refractivity (Wildman–Crippen MR) is 103 cm³/mol. The van der Waals surface area contributed by atoms with Gasteiger partial charge in [-0.3, -0.25) is 9.67 Å². The Kier molecular flexibility index (Phi) is 4.20. The molecule has 0 radical (unpaired) electrons. The molecule has 1 N–H and O–H groups in total. The molecule has 1 aliphatic heterocycles. The third-order valence-corrected chi connectivity index (χ3v) is 5.01. The summed E-state index contributed by atoms with van der Waals surface area (Å²) in [7, 11) is 1.90. The van der Waals surface area contributed by atoms with Crippen LogP contribution in [0.2, 0.25) is 0 Å². The van der Waals surface area contributed by atoms with Gasteiger partial charge in [-0.2, -0.15) is 5.10 Å². The van der Waals surface area contributed by atoms with Crippen LogP contribution < -0.4 is 10.2 Å². The zero-order valence-corrected chi connectivity index (χ0v) is 15.6. The van der Waals surface area contributed by atoms with Gasteiger partial charge >= 0.3 is 0 Å². The lowest BCUT2D eigenvalue weighted by Crippen LogP contribution is -2.32. The number of hydrogen-bond acceptors (Lipinski definition) is 6. The average Bonchev–Trinajstić information content (AvgIpc) is 3.08. The summed E-state index contributed by atoms with van der Waals surface area (Å²) in [5, 5.41) is 15.9. The van der Waals surface area contributed by atoms with Crippen LogP contribution in [-0.4, -0.2) is 31.5 Å². The van der Waals surface area contributed by atoms with Crippen molar-refractivity contribution in [2.75, 3.05) is 16.8 Å². The van der Waals surface area contributed by atoms with E-state index < -0.39 is 0 Å². The zero-order chi connectivity index (χ0) is 19.0. The first-order valence-corrected chi connectivity index (χ1v) is 8.76. The Labute approximate surface area is 157 Å². The second-order valence-corrected chi connectivity index (χ2v) is 6.68. The van der Waals surface area contributed by atoms with E-state index in [-0.39, 0.29) is 0 Å². The topological polar surface area (TPSA) is 76.1 Å². The summed E-state index contributed by atoms with van der Waals surface area (Å²) in [6.45, 7) is 12.7. The van der Waals surface area contributed by atoms with Crippen molar-refractivity contribution in [3.8, 4) is 0 Å². The molecule has 0 atom stereocenters. The molecule has 1 aliphatic rings. The Morgan fingerprint density at radius 1 is 1.22 bits per heavy atom. The van der Waals surface area contributed by atoms with Gasteiger partial charge in [0.1, 0.15) is 5.82 Å². The molecule has 0 spiro atoms. The van der Waals surface area contributed by atoms with Crippen molar-refractivity contribution in [1.82, 2.24) is 25.0 Å². The summed E-state index contributed by atoms with van der Waals surface area (Å²) >= 11 is 0. The minimum Gasteiger partial charge on any atom is -0.359 e. The van der Waals surface area contributed by atoms with Gasteiger partial charge in [0, 0.05) is 43.4 Å². The molecule has 3 aromatic heterocycles. The Morgan fingerprint density at radius 3 is 2.81 bits per heavy atom. The Hall–Kier alpha value is -3.47. The second kappa shape index (κ2) is 6.68. The molecule has 0 amide bonds. The second-order valence-electron chi connectivity index (χ2n) is 6.68. The number of rotatable bonds is 3. The molecule has 0 fully saturated rings. The quantitative estimate of drug-likeness (QED) is 0.724. The van der Waals surface area contributed by atoms with Crippen LogP contribution in [-0.2, 0) is 20.0 Å². The smallest absolute Gasteiger partial charge is 0.299 e. The summed E-state index contributed by atoms with van der Waals surface area (Å²) in [5.74, 6) is 2.13. The maximum absolute atomic E-state index is 7.20. The zero-order valence-electron chi connectivity index (χ0n) is 15.6. The van der Waals surface area contributed by atoms with Crippen LogP contribution in [0.5, 0.6) is 0 Å². The largest absolute Gasteiger partial charge is 0.359 e. The molecule has 136 valence electrons. The first kappa shape index (κ1) is 17.0. The summed E-state index contributed by atoms with van der Waals surface area (Å²) in [5.41, 5.74) is 5.12. The first-order valence-electron chi connectivity index (χ1n) is 8.76. The Balaban J connectivity index is 1.61. The van der Waals surface area contributed by atoms with Gasteiger partial charge in [0.2, 0.25) is 0 Å². The summed E-state index contributed by atoms with van der Waals surface area (Å²) < 4.78 is 1.78. The van der Waals surface area contributed by atoms with E-state index in [2.05, 4.69) is 41.4 Å². The van der Waals surface area contributed by atoms with E-state index in [1.165, 1.54) is 5.56 Å². The molecule has 8 heteroatoms. The van der Waals surface area contributed by atoms with E-state index in [0.717, 1.165) is 53.7 Å². The third kappa shape index (κ3) is 3.08. The van der Waals surface area contributed by atoms with Crippen LogP contribution in [0.15, 0.2) is 24.5 Å². The maximum Gasteiger partial charge on any atom is 0.299 e. The summed E-state index contributed by atoms with van der Waals surface area (Å²) in [6, 6.07) is 4.05. The van der Waals surface area contributed by atoms with Crippen LogP contribution in [0, 0.1) is 20.4 Å².